The van der Waals surface area contributed by atoms with Crippen molar-refractivity contribution < 1.29 is 9.84 Å². The van der Waals surface area contributed by atoms with E-state index in [0.29, 0.717) is 0 Å². The third-order valence-corrected chi connectivity index (χ3v) is 2.99. The highest BCUT2D eigenvalue weighted by atomic mass is 16.5. The molecule has 0 spiro atoms. The number of methoxy groups -OCH3 is 1. The SMILES string of the molecule is COc1ccc2c(c1)[C@@H](O)[C@H](N(C)N)C2. The van der Waals surface area contributed by atoms with Crippen molar-refractivity contribution in [2.45, 2.75) is 18.6 Å². The highest BCUT2D eigenvalue weighted by Crippen LogP contribution is 2.35. The van der Waals surface area contributed by atoms with Gasteiger partial charge in [-0.1, -0.05) is 6.07 Å². The van der Waals surface area contributed by atoms with Crippen molar-refractivity contribution in [2.24, 2.45) is 5.84 Å². The number of aliphatic hydroxyl groups excluding tert-OH is 1. The summed E-state index contributed by atoms with van der Waals surface area (Å²) in [5, 5.41) is 11.6. The van der Waals surface area contributed by atoms with E-state index >= 15 is 0 Å². The molecule has 0 aromatic heterocycles. The number of nitrogens with two attached hydrogens (primary N) is 1. The minimum atomic E-state index is -0.523. The molecule has 0 heterocycles. The van der Waals surface area contributed by atoms with E-state index in [0.717, 1.165) is 23.3 Å². The Balaban J connectivity index is 2.33. The van der Waals surface area contributed by atoms with Crippen molar-refractivity contribution in [1.82, 2.24) is 5.01 Å². The van der Waals surface area contributed by atoms with Crippen LogP contribution in [0.3, 0.4) is 0 Å². The third kappa shape index (κ3) is 1.71. The number of nitrogens with zero attached hydrogens (tertiary/aromatic N) is 1. The summed E-state index contributed by atoms with van der Waals surface area (Å²) in [7, 11) is 3.40. The molecule has 1 aromatic carbocycles. The first kappa shape index (κ1) is 10.4. The van der Waals surface area contributed by atoms with Crippen LogP contribution in [0.25, 0.3) is 0 Å². The number of ether oxygens (including phenoxy) is 1. The molecule has 0 saturated heterocycles. The average molecular weight is 208 g/mol. The van der Waals surface area contributed by atoms with E-state index in [1.54, 1.807) is 19.2 Å². The number of hydrogen-bond donors (Lipinski definition) is 2. The quantitative estimate of drug-likeness (QED) is 0.547. The normalized spacial score (nSPS) is 24.3. The lowest BCUT2D eigenvalue weighted by Crippen LogP contribution is -2.40. The zero-order valence-corrected chi connectivity index (χ0v) is 8.97. The van der Waals surface area contributed by atoms with Crippen molar-refractivity contribution in [3.05, 3.63) is 29.3 Å². The Morgan fingerprint density at radius 3 is 2.87 bits per heavy atom. The molecule has 0 bridgehead atoms. The molecule has 1 aliphatic carbocycles. The van der Waals surface area contributed by atoms with Gasteiger partial charge in [0.2, 0.25) is 0 Å². The van der Waals surface area contributed by atoms with E-state index in [1.807, 2.05) is 18.2 Å². The summed E-state index contributed by atoms with van der Waals surface area (Å²) in [5.41, 5.74) is 2.07. The maximum Gasteiger partial charge on any atom is 0.119 e. The molecular formula is C11H16N2O2. The van der Waals surface area contributed by atoms with Gasteiger partial charge in [-0.2, -0.15) is 0 Å². The van der Waals surface area contributed by atoms with Gasteiger partial charge in [-0.15, -0.1) is 0 Å². The lowest BCUT2D eigenvalue weighted by atomic mass is 10.1. The highest BCUT2D eigenvalue weighted by molar-refractivity contribution is 5.41. The summed E-state index contributed by atoms with van der Waals surface area (Å²) < 4.78 is 5.13. The van der Waals surface area contributed by atoms with Gasteiger partial charge < -0.3 is 9.84 Å². The van der Waals surface area contributed by atoms with Crippen LogP contribution in [0.2, 0.25) is 0 Å². The molecule has 0 radical (unpaired) electrons. The zero-order chi connectivity index (χ0) is 11.0. The van der Waals surface area contributed by atoms with Gasteiger partial charge in [0.15, 0.2) is 0 Å². The summed E-state index contributed by atoms with van der Waals surface area (Å²) in [6.45, 7) is 0. The summed E-state index contributed by atoms with van der Waals surface area (Å²) in [6.07, 6.45) is 0.262. The van der Waals surface area contributed by atoms with Crippen LogP contribution in [-0.4, -0.2) is 30.3 Å². The number of hydrogen-bond acceptors (Lipinski definition) is 4. The van der Waals surface area contributed by atoms with Crippen molar-refractivity contribution in [3.8, 4) is 5.75 Å². The van der Waals surface area contributed by atoms with Gasteiger partial charge in [0.1, 0.15) is 5.75 Å². The van der Waals surface area contributed by atoms with E-state index in [2.05, 4.69) is 0 Å². The summed E-state index contributed by atoms with van der Waals surface area (Å²) in [4.78, 5) is 0. The van der Waals surface area contributed by atoms with E-state index in [9.17, 15) is 5.11 Å². The predicted octanol–water partition coefficient (Wildman–Crippen LogP) is 0.459. The van der Waals surface area contributed by atoms with Crippen LogP contribution in [0.4, 0.5) is 0 Å². The standard InChI is InChI=1S/C11H16N2O2/c1-13(12)10-5-7-3-4-8(15-2)6-9(7)11(10)14/h3-4,6,10-11,14H,5,12H2,1-2H3/t10-,11-/m1/s1. The molecule has 4 nitrogen and oxygen atoms in total. The van der Waals surface area contributed by atoms with Gasteiger partial charge in [-0.25, -0.2) is 5.01 Å². The van der Waals surface area contributed by atoms with Crippen LogP contribution in [-0.2, 0) is 6.42 Å². The fraction of sp³-hybridized carbons (Fsp3) is 0.455. The van der Waals surface area contributed by atoms with Crippen LogP contribution >= 0.6 is 0 Å². The Morgan fingerprint density at radius 1 is 1.53 bits per heavy atom. The number of likely N-dealkylation sites (N-methyl/N-ethyl adjacent to an activating group) is 1. The maximum atomic E-state index is 10.1. The number of hydrazine groups is 1. The molecule has 3 N–H and O–H groups in total. The number of aliphatic hydroxyl groups is 1. The summed E-state index contributed by atoms with van der Waals surface area (Å²) in [6, 6.07) is 5.74. The summed E-state index contributed by atoms with van der Waals surface area (Å²) >= 11 is 0. The van der Waals surface area contributed by atoms with Crippen LogP contribution in [0.15, 0.2) is 18.2 Å². The predicted molar refractivity (Wildman–Crippen MR) is 57.4 cm³/mol. The van der Waals surface area contributed by atoms with E-state index in [4.69, 9.17) is 10.6 Å². The second-order valence-corrected chi connectivity index (χ2v) is 3.95. The van der Waals surface area contributed by atoms with Crippen LogP contribution < -0.4 is 10.6 Å². The monoisotopic (exact) mass is 208 g/mol. The first-order valence-electron chi connectivity index (χ1n) is 4.96. The van der Waals surface area contributed by atoms with Gasteiger partial charge in [0, 0.05) is 7.05 Å². The minimum absolute atomic E-state index is 0.0351. The molecule has 1 aliphatic rings. The number of benzene rings is 1. The van der Waals surface area contributed by atoms with Gasteiger partial charge >= 0.3 is 0 Å². The van der Waals surface area contributed by atoms with Gasteiger partial charge in [-0.3, -0.25) is 5.84 Å². The number of fused-ring (bicyclic) bond motifs is 1. The largest absolute Gasteiger partial charge is 0.497 e. The molecule has 0 fully saturated rings. The van der Waals surface area contributed by atoms with Crippen molar-refractivity contribution in [3.63, 3.8) is 0 Å². The minimum Gasteiger partial charge on any atom is -0.497 e. The fourth-order valence-electron chi connectivity index (χ4n) is 2.07. The molecule has 0 saturated carbocycles. The maximum absolute atomic E-state index is 10.1. The van der Waals surface area contributed by atoms with Gasteiger partial charge in [0.25, 0.3) is 0 Å². The molecule has 2 atom stereocenters. The first-order chi connectivity index (χ1) is 7.13. The molecule has 2 rings (SSSR count). The van der Waals surface area contributed by atoms with Crippen molar-refractivity contribution in [1.29, 1.82) is 0 Å². The molecule has 1 aromatic rings. The van der Waals surface area contributed by atoms with E-state index in [-0.39, 0.29) is 6.04 Å². The highest BCUT2D eigenvalue weighted by Gasteiger charge is 2.32. The Bertz CT molecular complexity index is 366. The molecule has 0 unspecified atom stereocenters. The molecule has 82 valence electrons. The smallest absolute Gasteiger partial charge is 0.119 e. The topological polar surface area (TPSA) is 58.7 Å². The van der Waals surface area contributed by atoms with E-state index in [1.165, 1.54) is 0 Å². The zero-order valence-electron chi connectivity index (χ0n) is 8.97. The van der Waals surface area contributed by atoms with Crippen LogP contribution in [0.1, 0.15) is 17.2 Å². The van der Waals surface area contributed by atoms with Crippen LogP contribution in [0, 0.1) is 0 Å². The fourth-order valence-corrected chi connectivity index (χ4v) is 2.07. The van der Waals surface area contributed by atoms with Crippen molar-refractivity contribution in [2.75, 3.05) is 14.2 Å². The molecule has 4 heteroatoms. The Morgan fingerprint density at radius 2 is 2.27 bits per heavy atom. The Labute approximate surface area is 89.2 Å². The van der Waals surface area contributed by atoms with Gasteiger partial charge in [-0.05, 0) is 29.7 Å². The molecule has 0 amide bonds. The molecule has 0 aliphatic heterocycles. The Kier molecular flexibility index (Phi) is 2.65. The lowest BCUT2D eigenvalue weighted by molar-refractivity contribution is 0.0762. The van der Waals surface area contributed by atoms with Crippen LogP contribution in [0.5, 0.6) is 5.75 Å². The second kappa shape index (κ2) is 3.81. The average Bonchev–Trinajstić information content (AvgIpc) is 2.56. The molecule has 15 heavy (non-hydrogen) atoms. The van der Waals surface area contributed by atoms with Gasteiger partial charge in [0.05, 0.1) is 19.3 Å². The first-order valence-corrected chi connectivity index (χ1v) is 4.96. The summed E-state index contributed by atoms with van der Waals surface area (Å²) in [5.74, 6) is 6.45. The molecular weight excluding hydrogens is 192 g/mol. The Hall–Kier alpha value is -1.10. The van der Waals surface area contributed by atoms with E-state index < -0.39 is 6.10 Å². The second-order valence-electron chi connectivity index (χ2n) is 3.95. The number of rotatable bonds is 2. The lowest BCUT2D eigenvalue weighted by Gasteiger charge is -2.22. The third-order valence-electron chi connectivity index (χ3n) is 2.99. The van der Waals surface area contributed by atoms with Crippen molar-refractivity contribution >= 4 is 0 Å².